The number of methoxy groups -OCH3 is 1. The predicted octanol–water partition coefficient (Wildman–Crippen LogP) is 4.18. The third-order valence-electron chi connectivity index (χ3n) is 3.50. The van der Waals surface area contributed by atoms with Gasteiger partial charge in [-0.3, -0.25) is 4.68 Å². The van der Waals surface area contributed by atoms with E-state index in [0.717, 1.165) is 29.2 Å². The van der Waals surface area contributed by atoms with E-state index in [4.69, 9.17) is 21.1 Å². The van der Waals surface area contributed by atoms with Gasteiger partial charge in [-0.1, -0.05) is 13.0 Å². The molecule has 5 heteroatoms. The first-order valence-corrected chi connectivity index (χ1v) is 7.61. The average Bonchev–Trinajstić information content (AvgIpc) is 3.00. The third kappa shape index (κ3) is 3.91. The van der Waals surface area contributed by atoms with Crippen molar-refractivity contribution in [3.63, 3.8) is 0 Å². The molecule has 2 aromatic rings. The van der Waals surface area contributed by atoms with Crippen LogP contribution in [0.1, 0.15) is 37.6 Å². The second-order valence-electron chi connectivity index (χ2n) is 4.94. The van der Waals surface area contributed by atoms with Gasteiger partial charge in [-0.05, 0) is 25.5 Å². The van der Waals surface area contributed by atoms with Gasteiger partial charge in [0.2, 0.25) is 0 Å². The lowest BCUT2D eigenvalue weighted by Gasteiger charge is -2.11. The van der Waals surface area contributed by atoms with Crippen molar-refractivity contribution in [2.75, 3.05) is 7.11 Å². The van der Waals surface area contributed by atoms with Crippen molar-refractivity contribution in [3.05, 3.63) is 41.7 Å². The molecule has 1 aromatic heterocycles. The molecule has 0 saturated heterocycles. The molecular formula is C16H21ClN2O2. The number of halogens is 1. The second-order valence-corrected chi connectivity index (χ2v) is 5.21. The van der Waals surface area contributed by atoms with Crippen molar-refractivity contribution in [2.24, 2.45) is 0 Å². The van der Waals surface area contributed by atoms with Crippen molar-refractivity contribution in [2.45, 2.75) is 38.8 Å². The van der Waals surface area contributed by atoms with Crippen LogP contribution in [0.3, 0.4) is 0 Å². The Balaban J connectivity index is 2.07. The van der Waals surface area contributed by atoms with Gasteiger partial charge >= 0.3 is 0 Å². The monoisotopic (exact) mass is 308 g/mol. The van der Waals surface area contributed by atoms with E-state index in [1.807, 2.05) is 35.1 Å². The molecule has 0 aliphatic heterocycles. The van der Waals surface area contributed by atoms with Crippen LogP contribution in [0.25, 0.3) is 0 Å². The zero-order chi connectivity index (χ0) is 15.2. The number of ether oxygens (including phenoxy) is 2. The number of nitrogens with zero attached hydrogens (tertiary/aromatic N) is 2. The lowest BCUT2D eigenvalue weighted by molar-refractivity contribution is 0.293. The highest BCUT2D eigenvalue weighted by Gasteiger charge is 2.08. The van der Waals surface area contributed by atoms with Crippen molar-refractivity contribution in [1.82, 2.24) is 9.78 Å². The van der Waals surface area contributed by atoms with E-state index < -0.39 is 0 Å². The van der Waals surface area contributed by atoms with E-state index in [1.165, 1.54) is 0 Å². The molecule has 4 nitrogen and oxygen atoms in total. The van der Waals surface area contributed by atoms with Crippen LogP contribution in [0.2, 0.25) is 0 Å². The highest BCUT2D eigenvalue weighted by molar-refractivity contribution is 6.17. The quantitative estimate of drug-likeness (QED) is 0.720. The fraction of sp³-hybridized carbons (Fsp3) is 0.438. The Morgan fingerprint density at radius 3 is 2.81 bits per heavy atom. The Labute approximate surface area is 130 Å². The number of aromatic nitrogens is 2. The summed E-state index contributed by atoms with van der Waals surface area (Å²) in [6, 6.07) is 8.02. The first-order chi connectivity index (χ1) is 10.2. The van der Waals surface area contributed by atoms with Gasteiger partial charge in [-0.25, -0.2) is 0 Å². The summed E-state index contributed by atoms with van der Waals surface area (Å²) >= 11 is 5.93. The van der Waals surface area contributed by atoms with Crippen LogP contribution in [0, 0.1) is 0 Å². The van der Waals surface area contributed by atoms with Gasteiger partial charge in [-0.15, -0.1) is 11.6 Å². The van der Waals surface area contributed by atoms with Gasteiger partial charge in [0.1, 0.15) is 18.1 Å². The van der Waals surface area contributed by atoms with Crippen molar-refractivity contribution in [1.29, 1.82) is 0 Å². The van der Waals surface area contributed by atoms with E-state index in [0.29, 0.717) is 18.5 Å². The zero-order valence-corrected chi connectivity index (χ0v) is 13.4. The maximum Gasteiger partial charge on any atom is 0.132 e. The summed E-state index contributed by atoms with van der Waals surface area (Å²) in [5.74, 6) is 1.90. The Hall–Kier alpha value is -1.68. The molecule has 1 unspecified atom stereocenters. The number of benzene rings is 1. The molecule has 0 aliphatic rings. The normalized spacial score (nSPS) is 12.2. The zero-order valence-electron chi connectivity index (χ0n) is 12.7. The summed E-state index contributed by atoms with van der Waals surface area (Å²) in [6.45, 7) is 4.71. The van der Waals surface area contributed by atoms with Crippen LogP contribution in [-0.2, 0) is 12.5 Å². The van der Waals surface area contributed by atoms with Crippen LogP contribution in [0.15, 0.2) is 30.5 Å². The molecule has 0 N–H and O–H groups in total. The van der Waals surface area contributed by atoms with Crippen LogP contribution in [0.5, 0.6) is 11.5 Å². The van der Waals surface area contributed by atoms with Crippen molar-refractivity contribution in [3.8, 4) is 11.5 Å². The van der Waals surface area contributed by atoms with Gasteiger partial charge in [0, 0.05) is 23.9 Å². The van der Waals surface area contributed by atoms with Crippen LogP contribution >= 0.6 is 11.6 Å². The van der Waals surface area contributed by atoms with E-state index in [-0.39, 0.29) is 0 Å². The molecule has 0 amide bonds. The largest absolute Gasteiger partial charge is 0.497 e. The summed E-state index contributed by atoms with van der Waals surface area (Å²) in [6.07, 6.45) is 3.04. The molecule has 2 rings (SSSR count). The highest BCUT2D eigenvalue weighted by Crippen LogP contribution is 2.26. The van der Waals surface area contributed by atoms with Crippen LogP contribution < -0.4 is 9.47 Å². The molecule has 0 saturated carbocycles. The van der Waals surface area contributed by atoms with Crippen LogP contribution in [0.4, 0.5) is 0 Å². The van der Waals surface area contributed by atoms with Crippen molar-refractivity contribution >= 4 is 11.6 Å². The standard InChI is InChI=1S/C16H21ClN2O2/c1-4-12(2)19-8-7-14(18-19)11-21-16-9-15(20-3)6-5-13(16)10-17/h5-9,12H,4,10-11H2,1-3H3. The fourth-order valence-electron chi connectivity index (χ4n) is 1.95. The summed E-state index contributed by atoms with van der Waals surface area (Å²) in [7, 11) is 1.63. The van der Waals surface area contributed by atoms with Crippen molar-refractivity contribution < 1.29 is 9.47 Å². The smallest absolute Gasteiger partial charge is 0.132 e. The summed E-state index contributed by atoms with van der Waals surface area (Å²) in [4.78, 5) is 0. The van der Waals surface area contributed by atoms with E-state index in [2.05, 4.69) is 18.9 Å². The van der Waals surface area contributed by atoms with Gasteiger partial charge < -0.3 is 9.47 Å². The third-order valence-corrected chi connectivity index (χ3v) is 3.79. The molecule has 0 aliphatic carbocycles. The Morgan fingerprint density at radius 1 is 1.33 bits per heavy atom. The number of alkyl halides is 1. The number of hydrogen-bond acceptors (Lipinski definition) is 3. The second kappa shape index (κ2) is 7.36. The minimum atomic E-state index is 0.397. The van der Waals surface area contributed by atoms with Gasteiger partial charge in [-0.2, -0.15) is 5.10 Å². The Morgan fingerprint density at radius 2 is 2.14 bits per heavy atom. The fourth-order valence-corrected chi connectivity index (χ4v) is 2.17. The van der Waals surface area contributed by atoms with E-state index in [1.54, 1.807) is 7.11 Å². The SMILES string of the molecule is CCC(C)n1ccc(COc2cc(OC)ccc2CCl)n1. The lowest BCUT2D eigenvalue weighted by Crippen LogP contribution is -2.06. The van der Waals surface area contributed by atoms with Gasteiger partial charge in [0.15, 0.2) is 0 Å². The minimum Gasteiger partial charge on any atom is -0.497 e. The average molecular weight is 309 g/mol. The maximum atomic E-state index is 5.93. The topological polar surface area (TPSA) is 36.3 Å². The highest BCUT2D eigenvalue weighted by atomic mass is 35.5. The molecule has 21 heavy (non-hydrogen) atoms. The maximum absolute atomic E-state index is 5.93. The predicted molar refractivity (Wildman–Crippen MR) is 84.1 cm³/mol. The molecule has 0 radical (unpaired) electrons. The molecule has 0 fully saturated rings. The molecule has 1 aromatic carbocycles. The minimum absolute atomic E-state index is 0.397. The first-order valence-electron chi connectivity index (χ1n) is 7.07. The number of rotatable bonds is 7. The van der Waals surface area contributed by atoms with Gasteiger partial charge in [0.05, 0.1) is 18.7 Å². The summed E-state index contributed by atoms with van der Waals surface area (Å²) < 4.78 is 13.0. The van der Waals surface area contributed by atoms with Gasteiger partial charge in [0.25, 0.3) is 0 Å². The molecule has 1 atom stereocenters. The lowest BCUT2D eigenvalue weighted by atomic mass is 10.2. The molecule has 114 valence electrons. The summed E-state index contributed by atoms with van der Waals surface area (Å²) in [5.41, 5.74) is 1.84. The molecule has 1 heterocycles. The van der Waals surface area contributed by atoms with Crippen LogP contribution in [-0.4, -0.2) is 16.9 Å². The van der Waals surface area contributed by atoms with E-state index >= 15 is 0 Å². The molecular weight excluding hydrogens is 288 g/mol. The Bertz CT molecular complexity index is 583. The number of hydrogen-bond donors (Lipinski definition) is 0. The Kier molecular flexibility index (Phi) is 5.51. The first kappa shape index (κ1) is 15.7. The molecule has 0 bridgehead atoms. The summed E-state index contributed by atoms with van der Waals surface area (Å²) in [5, 5.41) is 4.52. The van der Waals surface area contributed by atoms with E-state index in [9.17, 15) is 0 Å². The molecule has 0 spiro atoms.